The summed E-state index contributed by atoms with van der Waals surface area (Å²) in [5.41, 5.74) is 1.05. The maximum absolute atomic E-state index is 5.43. The highest BCUT2D eigenvalue weighted by atomic mass is 16.5. The van der Waals surface area contributed by atoms with E-state index in [9.17, 15) is 0 Å². The number of ether oxygens (including phenoxy) is 2. The van der Waals surface area contributed by atoms with E-state index in [1.807, 2.05) is 18.2 Å². The molecule has 1 aromatic rings. The average Bonchev–Trinajstić information content (AvgIpc) is 3.30. The lowest BCUT2D eigenvalue weighted by Crippen LogP contribution is -2.39. The number of aliphatic imine (C=N–C) groups is 1. The third-order valence-electron chi connectivity index (χ3n) is 4.15. The normalized spacial score (nSPS) is 20.1. The van der Waals surface area contributed by atoms with Crippen molar-refractivity contribution in [1.82, 2.24) is 10.6 Å². The Hall–Kier alpha value is -1.91. The van der Waals surface area contributed by atoms with Crippen LogP contribution in [0.4, 0.5) is 0 Å². The van der Waals surface area contributed by atoms with Crippen LogP contribution in [0.15, 0.2) is 23.2 Å². The smallest absolute Gasteiger partial charge is 0.191 e. The van der Waals surface area contributed by atoms with Crippen molar-refractivity contribution in [3.05, 3.63) is 23.8 Å². The molecular formula is C18H29N3O2. The van der Waals surface area contributed by atoms with Crippen LogP contribution in [-0.4, -0.2) is 32.8 Å². The van der Waals surface area contributed by atoms with Crippen molar-refractivity contribution in [2.75, 3.05) is 20.8 Å². The molecule has 0 bridgehead atoms. The Balaban J connectivity index is 2.00. The van der Waals surface area contributed by atoms with Gasteiger partial charge in [-0.15, -0.1) is 0 Å². The van der Waals surface area contributed by atoms with Crippen LogP contribution in [-0.2, 0) is 6.54 Å². The SMILES string of the molecule is CCCC1CC1NC(=NCc1ccc(OC)cc1OC)NCC. The molecule has 2 rings (SSSR count). The highest BCUT2D eigenvalue weighted by molar-refractivity contribution is 5.80. The van der Waals surface area contributed by atoms with Gasteiger partial charge in [0, 0.05) is 24.2 Å². The van der Waals surface area contributed by atoms with Gasteiger partial charge in [0.15, 0.2) is 5.96 Å². The second-order valence-electron chi connectivity index (χ2n) is 5.91. The summed E-state index contributed by atoms with van der Waals surface area (Å²) in [6.45, 7) is 5.76. The standard InChI is InChI=1S/C18H29N3O2/c1-5-7-13-10-16(13)21-18(19-6-2)20-12-14-8-9-15(22-3)11-17(14)23-4/h8-9,11,13,16H,5-7,10,12H2,1-4H3,(H2,19,20,21). The monoisotopic (exact) mass is 319 g/mol. The Kier molecular flexibility index (Phi) is 6.56. The molecule has 1 aliphatic rings. The van der Waals surface area contributed by atoms with Gasteiger partial charge in [0.25, 0.3) is 0 Å². The number of hydrogen-bond acceptors (Lipinski definition) is 3. The molecule has 0 aliphatic heterocycles. The lowest BCUT2D eigenvalue weighted by atomic mass is 10.2. The Labute approximate surface area is 139 Å². The Bertz CT molecular complexity index is 531. The molecule has 2 N–H and O–H groups in total. The number of hydrogen-bond donors (Lipinski definition) is 2. The summed E-state index contributed by atoms with van der Waals surface area (Å²) < 4.78 is 10.7. The van der Waals surface area contributed by atoms with E-state index in [0.717, 1.165) is 35.5 Å². The van der Waals surface area contributed by atoms with Gasteiger partial charge < -0.3 is 20.1 Å². The highest BCUT2D eigenvalue weighted by Crippen LogP contribution is 2.34. The van der Waals surface area contributed by atoms with Gasteiger partial charge in [-0.2, -0.15) is 0 Å². The molecule has 2 unspecified atom stereocenters. The number of guanidine groups is 1. The first-order valence-electron chi connectivity index (χ1n) is 8.47. The molecule has 0 spiro atoms. The maximum atomic E-state index is 5.43. The predicted octanol–water partition coefficient (Wildman–Crippen LogP) is 2.95. The molecule has 0 aromatic heterocycles. The van der Waals surface area contributed by atoms with Gasteiger partial charge in [-0.3, -0.25) is 0 Å². The first kappa shape index (κ1) is 17.4. The third-order valence-corrected chi connectivity index (χ3v) is 4.15. The first-order valence-corrected chi connectivity index (χ1v) is 8.47. The molecule has 0 amide bonds. The molecule has 1 aliphatic carbocycles. The summed E-state index contributed by atoms with van der Waals surface area (Å²) in [4.78, 5) is 4.70. The quantitative estimate of drug-likeness (QED) is 0.571. The topological polar surface area (TPSA) is 54.9 Å². The van der Waals surface area contributed by atoms with Crippen molar-refractivity contribution >= 4 is 5.96 Å². The second-order valence-corrected chi connectivity index (χ2v) is 5.91. The molecule has 23 heavy (non-hydrogen) atoms. The molecule has 0 heterocycles. The maximum Gasteiger partial charge on any atom is 0.191 e. The van der Waals surface area contributed by atoms with Crippen LogP contribution in [0.5, 0.6) is 11.5 Å². The lowest BCUT2D eigenvalue weighted by molar-refractivity contribution is 0.391. The van der Waals surface area contributed by atoms with E-state index >= 15 is 0 Å². The number of nitrogens with one attached hydrogen (secondary N) is 2. The molecule has 1 saturated carbocycles. The number of rotatable bonds is 8. The summed E-state index contributed by atoms with van der Waals surface area (Å²) in [6, 6.07) is 6.40. The highest BCUT2D eigenvalue weighted by Gasteiger charge is 2.36. The van der Waals surface area contributed by atoms with Gasteiger partial charge in [-0.05, 0) is 37.8 Å². The van der Waals surface area contributed by atoms with Crippen LogP contribution >= 0.6 is 0 Å². The largest absolute Gasteiger partial charge is 0.497 e. The van der Waals surface area contributed by atoms with Crippen LogP contribution in [0, 0.1) is 5.92 Å². The average molecular weight is 319 g/mol. The number of nitrogens with zero attached hydrogens (tertiary/aromatic N) is 1. The van der Waals surface area contributed by atoms with Crippen LogP contribution in [0.3, 0.4) is 0 Å². The van der Waals surface area contributed by atoms with Crippen molar-refractivity contribution in [2.24, 2.45) is 10.9 Å². The Morgan fingerprint density at radius 1 is 1.26 bits per heavy atom. The zero-order valence-corrected chi connectivity index (χ0v) is 14.7. The van der Waals surface area contributed by atoms with Gasteiger partial charge in [0.2, 0.25) is 0 Å². The van der Waals surface area contributed by atoms with Crippen molar-refractivity contribution in [1.29, 1.82) is 0 Å². The van der Waals surface area contributed by atoms with E-state index in [-0.39, 0.29) is 0 Å². The third kappa shape index (κ3) is 5.05. The Morgan fingerprint density at radius 3 is 2.74 bits per heavy atom. The van der Waals surface area contributed by atoms with Gasteiger partial charge >= 0.3 is 0 Å². The van der Waals surface area contributed by atoms with E-state index in [2.05, 4.69) is 24.5 Å². The van der Waals surface area contributed by atoms with E-state index in [1.54, 1.807) is 14.2 Å². The lowest BCUT2D eigenvalue weighted by Gasteiger charge is -2.12. The molecule has 1 fully saturated rings. The van der Waals surface area contributed by atoms with Crippen LogP contribution in [0.1, 0.15) is 38.7 Å². The fourth-order valence-electron chi connectivity index (χ4n) is 2.76. The summed E-state index contributed by atoms with van der Waals surface area (Å²) in [7, 11) is 3.33. The van der Waals surface area contributed by atoms with E-state index in [0.29, 0.717) is 12.6 Å². The minimum Gasteiger partial charge on any atom is -0.497 e. The fourth-order valence-corrected chi connectivity index (χ4v) is 2.76. The number of methoxy groups -OCH3 is 2. The van der Waals surface area contributed by atoms with Gasteiger partial charge in [0.05, 0.1) is 20.8 Å². The van der Waals surface area contributed by atoms with Gasteiger partial charge in [-0.25, -0.2) is 4.99 Å². The van der Waals surface area contributed by atoms with Gasteiger partial charge in [-0.1, -0.05) is 13.3 Å². The van der Waals surface area contributed by atoms with Crippen molar-refractivity contribution in [3.8, 4) is 11.5 Å². The minimum absolute atomic E-state index is 0.575. The van der Waals surface area contributed by atoms with Gasteiger partial charge in [0.1, 0.15) is 11.5 Å². The zero-order valence-electron chi connectivity index (χ0n) is 14.7. The summed E-state index contributed by atoms with van der Waals surface area (Å²) >= 11 is 0. The van der Waals surface area contributed by atoms with Crippen LogP contribution < -0.4 is 20.1 Å². The molecule has 128 valence electrons. The van der Waals surface area contributed by atoms with Crippen LogP contribution in [0.2, 0.25) is 0 Å². The summed E-state index contributed by atoms with van der Waals surface area (Å²) in [5, 5.41) is 6.85. The second kappa shape index (κ2) is 8.65. The fraction of sp³-hybridized carbons (Fsp3) is 0.611. The molecule has 2 atom stereocenters. The first-order chi connectivity index (χ1) is 11.2. The van der Waals surface area contributed by atoms with Crippen molar-refractivity contribution in [3.63, 3.8) is 0 Å². The van der Waals surface area contributed by atoms with Crippen molar-refractivity contribution < 1.29 is 9.47 Å². The Morgan fingerprint density at radius 2 is 2.09 bits per heavy atom. The van der Waals surface area contributed by atoms with Crippen molar-refractivity contribution in [2.45, 2.75) is 45.7 Å². The van der Waals surface area contributed by atoms with E-state index in [4.69, 9.17) is 14.5 Å². The molecule has 0 radical (unpaired) electrons. The molecular weight excluding hydrogens is 290 g/mol. The molecule has 5 nitrogen and oxygen atoms in total. The molecule has 5 heteroatoms. The molecule has 1 aromatic carbocycles. The minimum atomic E-state index is 0.575. The van der Waals surface area contributed by atoms with E-state index < -0.39 is 0 Å². The summed E-state index contributed by atoms with van der Waals surface area (Å²) in [6.07, 6.45) is 3.80. The number of benzene rings is 1. The van der Waals surface area contributed by atoms with E-state index in [1.165, 1.54) is 19.3 Å². The predicted molar refractivity (Wildman–Crippen MR) is 94.3 cm³/mol. The summed E-state index contributed by atoms with van der Waals surface area (Å²) in [5.74, 6) is 3.28. The zero-order chi connectivity index (χ0) is 16.7. The van der Waals surface area contributed by atoms with Crippen LogP contribution in [0.25, 0.3) is 0 Å². The molecule has 0 saturated heterocycles.